The molecule has 158 valence electrons. The molecule has 0 saturated heterocycles. The van der Waals surface area contributed by atoms with Crippen LogP contribution < -0.4 is 4.90 Å². The van der Waals surface area contributed by atoms with E-state index in [0.29, 0.717) is 22.1 Å². The van der Waals surface area contributed by atoms with E-state index >= 15 is 0 Å². The molecule has 0 aliphatic heterocycles. The summed E-state index contributed by atoms with van der Waals surface area (Å²) in [6.07, 6.45) is 1.59. The lowest BCUT2D eigenvalue weighted by molar-refractivity contribution is 0.0983. The Balaban J connectivity index is 1.66. The van der Waals surface area contributed by atoms with E-state index in [1.54, 1.807) is 29.4 Å². The fourth-order valence-corrected chi connectivity index (χ4v) is 4.03. The van der Waals surface area contributed by atoms with Crippen molar-refractivity contribution >= 4 is 22.4 Å². The number of nitrogens with zero attached hydrogens (tertiary/aromatic N) is 2. The van der Waals surface area contributed by atoms with E-state index in [0.717, 1.165) is 11.1 Å². The highest BCUT2D eigenvalue weighted by Gasteiger charge is 2.23. The van der Waals surface area contributed by atoms with Gasteiger partial charge in [-0.1, -0.05) is 32.9 Å². The van der Waals surface area contributed by atoms with Crippen molar-refractivity contribution in [1.82, 2.24) is 4.98 Å². The highest BCUT2D eigenvalue weighted by Crippen LogP contribution is 2.30. The van der Waals surface area contributed by atoms with Gasteiger partial charge in [0.15, 0.2) is 5.13 Å². The largest absolute Gasteiger partial charge is 0.467 e. The Morgan fingerprint density at radius 1 is 1.06 bits per heavy atom. The van der Waals surface area contributed by atoms with Crippen LogP contribution in [-0.2, 0) is 12.0 Å². The standard InChI is InChI=1S/C25H23FN2O2S/c1-25(2,3)19-10-6-18(7-11-19)23(29)28(15-21-5-4-14-30-21)24-27-22(16-31-24)17-8-12-20(26)13-9-17/h4-14,16H,15H2,1-3H3. The van der Waals surface area contributed by atoms with Crippen LogP contribution >= 0.6 is 11.3 Å². The molecule has 0 aliphatic rings. The van der Waals surface area contributed by atoms with Crippen LogP contribution in [0.1, 0.15) is 42.5 Å². The van der Waals surface area contributed by atoms with Crippen LogP contribution in [0.4, 0.5) is 9.52 Å². The molecule has 0 radical (unpaired) electrons. The molecule has 0 spiro atoms. The lowest BCUT2D eigenvalue weighted by Gasteiger charge is -2.21. The first-order chi connectivity index (χ1) is 14.8. The highest BCUT2D eigenvalue weighted by atomic mass is 32.1. The van der Waals surface area contributed by atoms with Crippen LogP contribution in [0.3, 0.4) is 0 Å². The monoisotopic (exact) mass is 434 g/mol. The average Bonchev–Trinajstić information content (AvgIpc) is 3.44. The minimum atomic E-state index is -0.299. The Morgan fingerprint density at radius 2 is 1.77 bits per heavy atom. The molecule has 4 aromatic rings. The van der Waals surface area contributed by atoms with E-state index in [4.69, 9.17) is 4.42 Å². The van der Waals surface area contributed by atoms with E-state index in [-0.39, 0.29) is 23.7 Å². The van der Waals surface area contributed by atoms with Gasteiger partial charge in [-0.05, 0) is 59.5 Å². The summed E-state index contributed by atoms with van der Waals surface area (Å²) in [4.78, 5) is 19.7. The van der Waals surface area contributed by atoms with E-state index in [2.05, 4.69) is 25.8 Å². The van der Waals surface area contributed by atoms with Gasteiger partial charge in [-0.25, -0.2) is 9.37 Å². The molecule has 2 aromatic heterocycles. The van der Waals surface area contributed by atoms with Gasteiger partial charge in [-0.2, -0.15) is 0 Å². The Labute approximate surface area is 185 Å². The molecular weight excluding hydrogens is 411 g/mol. The van der Waals surface area contributed by atoms with Crippen molar-refractivity contribution in [2.45, 2.75) is 32.7 Å². The summed E-state index contributed by atoms with van der Waals surface area (Å²) >= 11 is 1.37. The summed E-state index contributed by atoms with van der Waals surface area (Å²) in [6, 6.07) is 17.5. The van der Waals surface area contributed by atoms with Crippen molar-refractivity contribution in [2.75, 3.05) is 4.90 Å². The molecule has 6 heteroatoms. The van der Waals surface area contributed by atoms with Gasteiger partial charge in [0.05, 0.1) is 18.5 Å². The van der Waals surface area contributed by atoms with Gasteiger partial charge < -0.3 is 4.42 Å². The van der Waals surface area contributed by atoms with Crippen molar-refractivity contribution in [2.24, 2.45) is 0 Å². The SMILES string of the molecule is CC(C)(C)c1ccc(C(=O)N(Cc2ccco2)c2nc(-c3ccc(F)cc3)cs2)cc1. The fourth-order valence-electron chi connectivity index (χ4n) is 3.19. The maximum absolute atomic E-state index is 13.4. The van der Waals surface area contributed by atoms with E-state index < -0.39 is 0 Å². The number of hydrogen-bond donors (Lipinski definition) is 0. The second kappa shape index (κ2) is 8.47. The van der Waals surface area contributed by atoms with Gasteiger partial charge in [0, 0.05) is 16.5 Å². The molecule has 0 bridgehead atoms. The van der Waals surface area contributed by atoms with E-state index in [1.165, 1.54) is 23.5 Å². The number of carbonyl (C=O) groups excluding carboxylic acids is 1. The topological polar surface area (TPSA) is 46.3 Å². The quantitative estimate of drug-likeness (QED) is 0.352. The number of furan rings is 1. The molecule has 4 nitrogen and oxygen atoms in total. The molecule has 0 atom stereocenters. The number of benzene rings is 2. The zero-order valence-corrected chi connectivity index (χ0v) is 18.4. The molecular formula is C25H23FN2O2S. The second-order valence-corrected chi connectivity index (χ2v) is 9.16. The smallest absolute Gasteiger partial charge is 0.260 e. The summed E-state index contributed by atoms with van der Waals surface area (Å²) in [7, 11) is 0. The van der Waals surface area contributed by atoms with Crippen LogP contribution in [0, 0.1) is 5.82 Å². The third kappa shape index (κ3) is 4.75. The Bertz CT molecular complexity index is 1160. The first kappa shape index (κ1) is 21.0. The number of thiazole rings is 1. The normalized spacial score (nSPS) is 11.5. The van der Waals surface area contributed by atoms with Crippen molar-refractivity contribution in [1.29, 1.82) is 0 Å². The maximum Gasteiger partial charge on any atom is 0.260 e. The van der Waals surface area contributed by atoms with Crippen molar-refractivity contribution in [3.63, 3.8) is 0 Å². The molecule has 31 heavy (non-hydrogen) atoms. The molecule has 0 aliphatic carbocycles. The second-order valence-electron chi connectivity index (χ2n) is 8.32. The number of hydrogen-bond acceptors (Lipinski definition) is 4. The van der Waals surface area contributed by atoms with Crippen LogP contribution in [0.2, 0.25) is 0 Å². The lowest BCUT2D eigenvalue weighted by atomic mass is 9.86. The Hall–Kier alpha value is -3.25. The molecule has 0 fully saturated rings. The van der Waals surface area contributed by atoms with Crippen molar-refractivity contribution in [3.05, 3.63) is 95.0 Å². The third-order valence-electron chi connectivity index (χ3n) is 5.00. The Kier molecular flexibility index (Phi) is 5.74. The van der Waals surface area contributed by atoms with Gasteiger partial charge in [0.25, 0.3) is 5.91 Å². The average molecular weight is 435 g/mol. The minimum absolute atomic E-state index is 0.00873. The van der Waals surface area contributed by atoms with E-state index in [9.17, 15) is 9.18 Å². The van der Waals surface area contributed by atoms with Gasteiger partial charge in [0.2, 0.25) is 0 Å². The summed E-state index contributed by atoms with van der Waals surface area (Å²) < 4.78 is 18.7. The summed E-state index contributed by atoms with van der Waals surface area (Å²) in [5, 5.41) is 2.42. The number of rotatable bonds is 5. The summed E-state index contributed by atoms with van der Waals surface area (Å²) in [5.74, 6) is 0.211. The number of amides is 1. The summed E-state index contributed by atoms with van der Waals surface area (Å²) in [6.45, 7) is 6.68. The molecule has 4 rings (SSSR count). The molecule has 0 unspecified atom stereocenters. The predicted octanol–water partition coefficient (Wildman–Crippen LogP) is 6.69. The Morgan fingerprint density at radius 3 is 2.39 bits per heavy atom. The zero-order chi connectivity index (χ0) is 22.0. The molecule has 1 amide bonds. The van der Waals surface area contributed by atoms with Gasteiger partial charge in [-0.3, -0.25) is 9.69 Å². The van der Waals surface area contributed by atoms with Crippen molar-refractivity contribution < 1.29 is 13.6 Å². The van der Waals surface area contributed by atoms with Crippen molar-refractivity contribution in [3.8, 4) is 11.3 Å². The molecule has 2 heterocycles. The molecule has 0 N–H and O–H groups in total. The highest BCUT2D eigenvalue weighted by molar-refractivity contribution is 7.14. The van der Waals surface area contributed by atoms with Gasteiger partial charge in [0.1, 0.15) is 11.6 Å². The van der Waals surface area contributed by atoms with Gasteiger partial charge >= 0.3 is 0 Å². The number of carbonyl (C=O) groups is 1. The minimum Gasteiger partial charge on any atom is -0.467 e. The van der Waals surface area contributed by atoms with Crippen LogP contribution in [0.15, 0.2) is 76.7 Å². The van der Waals surface area contributed by atoms with Crippen LogP contribution in [-0.4, -0.2) is 10.9 Å². The van der Waals surface area contributed by atoms with Crippen LogP contribution in [0.5, 0.6) is 0 Å². The lowest BCUT2D eigenvalue weighted by Crippen LogP contribution is -2.30. The number of halogens is 1. The molecule has 2 aromatic carbocycles. The summed E-state index contributed by atoms with van der Waals surface area (Å²) in [5.41, 5.74) is 3.24. The predicted molar refractivity (Wildman–Crippen MR) is 122 cm³/mol. The maximum atomic E-state index is 13.4. The molecule has 0 saturated carbocycles. The first-order valence-corrected chi connectivity index (χ1v) is 10.9. The van der Waals surface area contributed by atoms with Gasteiger partial charge in [-0.15, -0.1) is 11.3 Å². The van der Waals surface area contributed by atoms with Crippen LogP contribution in [0.25, 0.3) is 11.3 Å². The number of anilines is 1. The fraction of sp³-hybridized carbons (Fsp3) is 0.200. The number of aromatic nitrogens is 1. The first-order valence-electron chi connectivity index (χ1n) is 9.97. The zero-order valence-electron chi connectivity index (χ0n) is 17.6. The van der Waals surface area contributed by atoms with E-state index in [1.807, 2.05) is 35.7 Å². The third-order valence-corrected chi connectivity index (χ3v) is 5.86.